The second-order valence-corrected chi connectivity index (χ2v) is 8.42. The summed E-state index contributed by atoms with van der Waals surface area (Å²) in [6, 6.07) is 5.66. The Morgan fingerprint density at radius 1 is 1.21 bits per heavy atom. The van der Waals surface area contributed by atoms with Crippen LogP contribution >= 0.6 is 11.6 Å². The van der Waals surface area contributed by atoms with Crippen molar-refractivity contribution in [3.8, 4) is 0 Å². The van der Waals surface area contributed by atoms with Gasteiger partial charge in [0.05, 0.1) is 10.8 Å². The lowest BCUT2D eigenvalue weighted by Crippen LogP contribution is -2.40. The number of nitrogens with zero attached hydrogens (tertiary/aromatic N) is 2. The van der Waals surface area contributed by atoms with Gasteiger partial charge in [-0.15, -0.1) is 0 Å². The largest absolute Gasteiger partial charge is 0.481 e. The fourth-order valence-corrected chi connectivity index (χ4v) is 4.81. The minimum absolute atomic E-state index is 0.0181. The number of rotatable bonds is 4. The third-order valence-electron chi connectivity index (χ3n) is 4.53. The molecule has 1 N–H and O–H groups in total. The quantitative estimate of drug-likeness (QED) is 0.851. The van der Waals surface area contributed by atoms with E-state index < -0.39 is 21.9 Å². The molecule has 0 saturated carbocycles. The molecular formula is C15H17ClN2O5S. The van der Waals surface area contributed by atoms with Gasteiger partial charge in [0.2, 0.25) is 15.9 Å². The number of carbonyl (C=O) groups excluding carboxylic acids is 1. The Morgan fingerprint density at radius 2 is 1.88 bits per heavy atom. The van der Waals surface area contributed by atoms with Gasteiger partial charge in [-0.1, -0.05) is 11.6 Å². The van der Waals surface area contributed by atoms with Crippen LogP contribution in [0.5, 0.6) is 0 Å². The summed E-state index contributed by atoms with van der Waals surface area (Å²) in [5.74, 6) is -1.92. The van der Waals surface area contributed by atoms with E-state index >= 15 is 0 Å². The summed E-state index contributed by atoms with van der Waals surface area (Å²) in [5, 5.41) is 9.50. The number of carboxylic acids is 1. The van der Waals surface area contributed by atoms with Crippen molar-refractivity contribution >= 4 is 33.5 Å². The zero-order chi connectivity index (χ0) is 17.5. The van der Waals surface area contributed by atoms with Crippen molar-refractivity contribution in [2.45, 2.75) is 23.8 Å². The zero-order valence-electron chi connectivity index (χ0n) is 12.8. The molecule has 24 heavy (non-hydrogen) atoms. The molecule has 0 aliphatic carbocycles. The van der Waals surface area contributed by atoms with E-state index in [9.17, 15) is 18.0 Å². The van der Waals surface area contributed by atoms with Crippen LogP contribution in [0.3, 0.4) is 0 Å². The van der Waals surface area contributed by atoms with E-state index in [0.717, 1.165) is 0 Å². The first-order chi connectivity index (χ1) is 11.3. The van der Waals surface area contributed by atoms with E-state index in [-0.39, 0.29) is 36.4 Å². The second kappa shape index (κ2) is 6.34. The molecule has 2 unspecified atom stereocenters. The first-order valence-corrected chi connectivity index (χ1v) is 9.39. The van der Waals surface area contributed by atoms with E-state index in [1.807, 2.05) is 0 Å². The maximum Gasteiger partial charge on any atom is 0.308 e. The maximum absolute atomic E-state index is 12.6. The third kappa shape index (κ3) is 3.13. The Balaban J connectivity index is 1.72. The van der Waals surface area contributed by atoms with Gasteiger partial charge in [0.25, 0.3) is 0 Å². The first kappa shape index (κ1) is 17.2. The van der Waals surface area contributed by atoms with Gasteiger partial charge in [0.1, 0.15) is 0 Å². The molecule has 2 atom stereocenters. The molecule has 2 heterocycles. The molecule has 2 aliphatic rings. The molecule has 0 spiro atoms. The lowest BCUT2D eigenvalue weighted by Gasteiger charge is -2.24. The van der Waals surface area contributed by atoms with Crippen molar-refractivity contribution in [2.75, 3.05) is 19.6 Å². The van der Waals surface area contributed by atoms with Gasteiger partial charge in [0.15, 0.2) is 0 Å². The van der Waals surface area contributed by atoms with Crippen LogP contribution in [0.25, 0.3) is 0 Å². The Labute approximate surface area is 144 Å². The Bertz CT molecular complexity index is 765. The van der Waals surface area contributed by atoms with Crippen molar-refractivity contribution in [1.82, 2.24) is 9.21 Å². The molecule has 2 aliphatic heterocycles. The van der Waals surface area contributed by atoms with E-state index in [4.69, 9.17) is 16.7 Å². The predicted octanol–water partition coefficient (Wildman–Crippen LogP) is 1.04. The molecule has 1 aromatic rings. The van der Waals surface area contributed by atoms with Gasteiger partial charge >= 0.3 is 5.97 Å². The molecule has 9 heteroatoms. The highest BCUT2D eigenvalue weighted by atomic mass is 35.5. The highest BCUT2D eigenvalue weighted by Crippen LogP contribution is 2.28. The number of carboxylic acid groups (broad SMARTS) is 1. The minimum atomic E-state index is -3.64. The molecular weight excluding hydrogens is 356 g/mol. The van der Waals surface area contributed by atoms with E-state index in [2.05, 4.69) is 0 Å². The molecule has 2 fully saturated rings. The zero-order valence-corrected chi connectivity index (χ0v) is 14.3. The number of hydrogen-bond donors (Lipinski definition) is 1. The fourth-order valence-electron chi connectivity index (χ4n) is 3.19. The molecule has 130 valence electrons. The van der Waals surface area contributed by atoms with E-state index in [0.29, 0.717) is 18.0 Å². The summed E-state index contributed by atoms with van der Waals surface area (Å²) < 4.78 is 26.6. The highest BCUT2D eigenvalue weighted by molar-refractivity contribution is 7.89. The topological polar surface area (TPSA) is 95.0 Å². The van der Waals surface area contributed by atoms with E-state index in [1.165, 1.54) is 33.5 Å². The summed E-state index contributed by atoms with van der Waals surface area (Å²) in [4.78, 5) is 24.7. The van der Waals surface area contributed by atoms with Gasteiger partial charge in [-0.2, -0.15) is 4.31 Å². The summed E-state index contributed by atoms with van der Waals surface area (Å²) in [5.41, 5.74) is 0. The maximum atomic E-state index is 12.6. The van der Waals surface area contributed by atoms with Crippen LogP contribution in [0.15, 0.2) is 29.2 Å². The lowest BCUT2D eigenvalue weighted by atomic mass is 10.1. The van der Waals surface area contributed by atoms with Gasteiger partial charge < -0.3 is 10.0 Å². The molecule has 0 aromatic heterocycles. The van der Waals surface area contributed by atoms with Crippen LogP contribution in [-0.2, 0) is 19.6 Å². The summed E-state index contributed by atoms with van der Waals surface area (Å²) >= 11 is 5.79. The summed E-state index contributed by atoms with van der Waals surface area (Å²) in [7, 11) is -3.64. The molecule has 2 saturated heterocycles. The van der Waals surface area contributed by atoms with Crippen LogP contribution in [0.1, 0.15) is 12.8 Å². The van der Waals surface area contributed by atoms with Crippen LogP contribution in [0.4, 0.5) is 0 Å². The molecule has 3 rings (SSSR count). The van der Waals surface area contributed by atoms with Gasteiger partial charge in [-0.3, -0.25) is 9.59 Å². The summed E-state index contributed by atoms with van der Waals surface area (Å²) in [6.45, 7) is 0.633. The van der Waals surface area contributed by atoms with Crippen molar-refractivity contribution in [3.05, 3.63) is 29.3 Å². The fraction of sp³-hybridized carbons (Fsp3) is 0.467. The Morgan fingerprint density at radius 3 is 2.46 bits per heavy atom. The number of aliphatic carboxylic acids is 1. The number of amides is 1. The van der Waals surface area contributed by atoms with Crippen LogP contribution in [0, 0.1) is 5.92 Å². The number of likely N-dealkylation sites (tertiary alicyclic amines) is 1. The van der Waals surface area contributed by atoms with Crippen LogP contribution in [0.2, 0.25) is 5.02 Å². The average molecular weight is 373 g/mol. The molecule has 7 nitrogen and oxygen atoms in total. The van der Waals surface area contributed by atoms with Crippen molar-refractivity contribution in [1.29, 1.82) is 0 Å². The van der Waals surface area contributed by atoms with Crippen LogP contribution < -0.4 is 0 Å². The number of carbonyl (C=O) groups is 2. The number of hydrogen-bond acceptors (Lipinski definition) is 4. The highest BCUT2D eigenvalue weighted by Gasteiger charge is 2.42. The van der Waals surface area contributed by atoms with Crippen molar-refractivity contribution < 1.29 is 23.1 Å². The summed E-state index contributed by atoms with van der Waals surface area (Å²) in [6.07, 6.45) is 0.487. The van der Waals surface area contributed by atoms with Crippen LogP contribution in [-0.4, -0.2) is 60.3 Å². The Hall–Kier alpha value is -1.64. The molecule has 1 aromatic carbocycles. The monoisotopic (exact) mass is 372 g/mol. The van der Waals surface area contributed by atoms with Crippen molar-refractivity contribution in [3.63, 3.8) is 0 Å². The molecule has 1 amide bonds. The van der Waals surface area contributed by atoms with Crippen molar-refractivity contribution in [2.24, 2.45) is 5.92 Å². The molecule has 0 bridgehead atoms. The normalized spacial score (nSPS) is 25.4. The number of halogens is 1. The smallest absolute Gasteiger partial charge is 0.308 e. The minimum Gasteiger partial charge on any atom is -0.481 e. The lowest BCUT2D eigenvalue weighted by molar-refractivity contribution is -0.141. The van der Waals surface area contributed by atoms with Gasteiger partial charge in [-0.25, -0.2) is 8.42 Å². The average Bonchev–Trinajstić information content (AvgIpc) is 3.14. The van der Waals surface area contributed by atoms with Gasteiger partial charge in [0, 0.05) is 37.1 Å². The predicted molar refractivity (Wildman–Crippen MR) is 86.1 cm³/mol. The SMILES string of the molecule is O=C(O)C1CC(=O)N(C2CCN(S(=O)(=O)c3ccc(Cl)cc3)C2)C1. The van der Waals surface area contributed by atoms with E-state index in [1.54, 1.807) is 0 Å². The standard InChI is InChI=1S/C15H17ClN2O5S/c16-11-1-3-13(4-2-11)24(22,23)17-6-5-12(9-17)18-8-10(15(20)21)7-14(18)19/h1-4,10,12H,5-9H2,(H,20,21). The number of sulfonamides is 1. The third-order valence-corrected chi connectivity index (χ3v) is 6.66. The Kier molecular flexibility index (Phi) is 4.54. The van der Waals surface area contributed by atoms with Gasteiger partial charge in [-0.05, 0) is 30.7 Å². The molecule has 0 radical (unpaired) electrons. The number of benzene rings is 1. The first-order valence-electron chi connectivity index (χ1n) is 7.57. The second-order valence-electron chi connectivity index (χ2n) is 6.04.